The molecule has 1 aliphatic rings. The van der Waals surface area contributed by atoms with E-state index in [2.05, 4.69) is 25.8 Å². The van der Waals surface area contributed by atoms with Crippen molar-refractivity contribution in [3.8, 4) is 0 Å². The summed E-state index contributed by atoms with van der Waals surface area (Å²) in [6.07, 6.45) is 1.28. The molecule has 128 valence electrons. The van der Waals surface area contributed by atoms with Crippen molar-refractivity contribution < 1.29 is 8.42 Å². The molecule has 1 aromatic carbocycles. The van der Waals surface area contributed by atoms with E-state index in [0.29, 0.717) is 35.7 Å². The molecule has 0 bridgehead atoms. The molecule has 0 amide bonds. The van der Waals surface area contributed by atoms with Gasteiger partial charge in [0.2, 0.25) is 10.0 Å². The number of hydrogen-bond acceptors (Lipinski definition) is 4. The number of piperazine rings is 1. The van der Waals surface area contributed by atoms with Crippen LogP contribution in [0.2, 0.25) is 10.2 Å². The van der Waals surface area contributed by atoms with Crippen molar-refractivity contribution in [3.05, 3.63) is 51.2 Å². The molecular weight excluding hydrogens is 437 g/mol. The predicted octanol–water partition coefficient (Wildman–Crippen LogP) is 3.66. The van der Waals surface area contributed by atoms with E-state index in [0.717, 1.165) is 5.69 Å². The molecule has 0 unspecified atom stereocenters. The van der Waals surface area contributed by atoms with Crippen LogP contribution in [0, 0.1) is 0 Å². The van der Waals surface area contributed by atoms with Crippen LogP contribution in [0.3, 0.4) is 0 Å². The molecule has 1 aromatic heterocycles. The smallest absolute Gasteiger partial charge is 0.244 e. The summed E-state index contributed by atoms with van der Waals surface area (Å²) in [5.74, 6) is 0. The predicted molar refractivity (Wildman–Crippen MR) is 99.4 cm³/mol. The number of hydrogen-bond donors (Lipinski definition) is 0. The van der Waals surface area contributed by atoms with Crippen LogP contribution in [0.25, 0.3) is 0 Å². The Kier molecular flexibility index (Phi) is 5.36. The first-order valence-electron chi connectivity index (χ1n) is 7.20. The zero-order chi connectivity index (χ0) is 17.3. The summed E-state index contributed by atoms with van der Waals surface area (Å²) in [6.45, 7) is 1.91. The zero-order valence-corrected chi connectivity index (χ0v) is 16.4. The lowest BCUT2D eigenvalue weighted by molar-refractivity contribution is 0.385. The van der Waals surface area contributed by atoms with E-state index in [1.807, 2.05) is 24.3 Å². The number of halogens is 3. The summed E-state index contributed by atoms with van der Waals surface area (Å²) in [5.41, 5.74) is 0.923. The van der Waals surface area contributed by atoms with E-state index < -0.39 is 10.0 Å². The molecule has 0 saturated carbocycles. The largest absolute Gasteiger partial charge is 0.368 e. The number of nitrogens with zero attached hydrogens (tertiary/aromatic N) is 3. The van der Waals surface area contributed by atoms with Crippen LogP contribution in [0.4, 0.5) is 5.69 Å². The van der Waals surface area contributed by atoms with Crippen molar-refractivity contribution in [2.24, 2.45) is 0 Å². The topological polar surface area (TPSA) is 53.5 Å². The molecule has 2 heterocycles. The average Bonchev–Trinajstić information content (AvgIpc) is 2.58. The van der Waals surface area contributed by atoms with E-state index in [-0.39, 0.29) is 10.0 Å². The quantitative estimate of drug-likeness (QED) is 0.669. The zero-order valence-electron chi connectivity index (χ0n) is 12.5. The molecule has 0 atom stereocenters. The van der Waals surface area contributed by atoms with Gasteiger partial charge in [0.15, 0.2) is 0 Å². The Morgan fingerprint density at radius 3 is 2.38 bits per heavy atom. The number of rotatable bonds is 3. The van der Waals surface area contributed by atoms with Crippen molar-refractivity contribution in [2.75, 3.05) is 31.1 Å². The molecule has 24 heavy (non-hydrogen) atoms. The van der Waals surface area contributed by atoms with Crippen LogP contribution in [-0.4, -0.2) is 43.9 Å². The fraction of sp³-hybridized carbons (Fsp3) is 0.267. The van der Waals surface area contributed by atoms with Crippen molar-refractivity contribution in [2.45, 2.75) is 4.90 Å². The number of pyridine rings is 1. The highest BCUT2D eigenvalue weighted by atomic mass is 79.9. The van der Waals surface area contributed by atoms with Gasteiger partial charge in [-0.2, -0.15) is 4.31 Å². The first-order valence-corrected chi connectivity index (χ1v) is 10.2. The number of para-hydroxylation sites is 1. The lowest BCUT2D eigenvalue weighted by Gasteiger charge is -2.35. The third-order valence-electron chi connectivity index (χ3n) is 3.84. The van der Waals surface area contributed by atoms with Gasteiger partial charge in [-0.05, 0) is 34.1 Å². The second-order valence-electron chi connectivity index (χ2n) is 5.29. The van der Waals surface area contributed by atoms with Crippen LogP contribution < -0.4 is 4.90 Å². The third kappa shape index (κ3) is 3.55. The van der Waals surface area contributed by atoms with Gasteiger partial charge in [-0.25, -0.2) is 13.4 Å². The van der Waals surface area contributed by atoms with Crippen molar-refractivity contribution in [3.63, 3.8) is 0 Å². The fourth-order valence-electron chi connectivity index (χ4n) is 2.57. The standard InChI is InChI=1S/C15H14BrCl2N3O2S/c16-12-9-11(10-19-15(12)18)24(22,23)21-7-5-20(6-8-21)14-4-2-1-3-13(14)17/h1-4,9-10H,5-8H2. The molecule has 9 heteroatoms. The van der Waals surface area contributed by atoms with Gasteiger partial charge in [0.1, 0.15) is 10.0 Å². The van der Waals surface area contributed by atoms with Gasteiger partial charge in [0.25, 0.3) is 0 Å². The van der Waals surface area contributed by atoms with Crippen LogP contribution >= 0.6 is 39.1 Å². The van der Waals surface area contributed by atoms with Crippen LogP contribution in [0.15, 0.2) is 45.9 Å². The second kappa shape index (κ2) is 7.17. The Morgan fingerprint density at radius 2 is 1.75 bits per heavy atom. The average molecular weight is 451 g/mol. The van der Waals surface area contributed by atoms with Crippen molar-refractivity contribution >= 4 is 54.8 Å². The Bertz CT molecular complexity index is 856. The second-order valence-corrected chi connectivity index (χ2v) is 8.84. The highest BCUT2D eigenvalue weighted by molar-refractivity contribution is 9.10. The lowest BCUT2D eigenvalue weighted by atomic mass is 10.2. The van der Waals surface area contributed by atoms with Gasteiger partial charge < -0.3 is 4.90 Å². The third-order valence-corrected chi connectivity index (χ3v) is 7.16. The van der Waals surface area contributed by atoms with Gasteiger partial charge in [0.05, 0.1) is 15.2 Å². The highest BCUT2D eigenvalue weighted by Crippen LogP contribution is 2.28. The van der Waals surface area contributed by atoms with Gasteiger partial charge in [-0.3, -0.25) is 0 Å². The van der Waals surface area contributed by atoms with Crippen LogP contribution in [-0.2, 0) is 10.0 Å². The van der Waals surface area contributed by atoms with Gasteiger partial charge in [0, 0.05) is 32.4 Å². The lowest BCUT2D eigenvalue weighted by Crippen LogP contribution is -2.48. The molecule has 2 aromatic rings. The Labute approximate surface area is 159 Å². The summed E-state index contributed by atoms with van der Waals surface area (Å²) in [4.78, 5) is 6.12. The van der Waals surface area contributed by atoms with Gasteiger partial charge >= 0.3 is 0 Å². The molecule has 0 N–H and O–H groups in total. The monoisotopic (exact) mass is 449 g/mol. The highest BCUT2D eigenvalue weighted by Gasteiger charge is 2.29. The van der Waals surface area contributed by atoms with Crippen LogP contribution in [0.5, 0.6) is 0 Å². The van der Waals surface area contributed by atoms with Crippen LogP contribution in [0.1, 0.15) is 0 Å². The summed E-state index contributed by atoms with van der Waals surface area (Å²) in [7, 11) is -3.59. The first kappa shape index (κ1) is 17.9. The minimum absolute atomic E-state index is 0.130. The Morgan fingerprint density at radius 1 is 1.08 bits per heavy atom. The Balaban J connectivity index is 1.76. The molecule has 3 rings (SSSR count). The minimum Gasteiger partial charge on any atom is -0.368 e. The molecule has 0 spiro atoms. The molecular formula is C15H14BrCl2N3O2S. The van der Waals surface area contributed by atoms with Crippen molar-refractivity contribution in [1.29, 1.82) is 0 Å². The Hall–Kier alpha value is -0.860. The van der Waals surface area contributed by atoms with Crippen molar-refractivity contribution in [1.82, 2.24) is 9.29 Å². The van der Waals surface area contributed by atoms with E-state index in [1.54, 1.807) is 0 Å². The summed E-state index contributed by atoms with van der Waals surface area (Å²) < 4.78 is 27.4. The maximum atomic E-state index is 12.7. The van der Waals surface area contributed by atoms with Gasteiger partial charge in [-0.1, -0.05) is 35.3 Å². The fourth-order valence-corrected chi connectivity index (χ4v) is 4.83. The molecule has 5 nitrogen and oxygen atoms in total. The number of sulfonamides is 1. The molecule has 1 aliphatic heterocycles. The van der Waals surface area contributed by atoms with E-state index in [4.69, 9.17) is 23.2 Å². The minimum atomic E-state index is -3.59. The summed E-state index contributed by atoms with van der Waals surface area (Å²) >= 11 is 15.3. The van der Waals surface area contributed by atoms with E-state index >= 15 is 0 Å². The maximum absolute atomic E-state index is 12.7. The summed E-state index contributed by atoms with van der Waals surface area (Å²) in [6, 6.07) is 9.04. The van der Waals surface area contributed by atoms with E-state index in [9.17, 15) is 8.42 Å². The molecule has 1 fully saturated rings. The normalized spacial score (nSPS) is 16.4. The van der Waals surface area contributed by atoms with Gasteiger partial charge in [-0.15, -0.1) is 0 Å². The summed E-state index contributed by atoms with van der Waals surface area (Å²) in [5, 5.41) is 0.900. The first-order chi connectivity index (χ1) is 11.4. The molecule has 1 saturated heterocycles. The number of anilines is 1. The maximum Gasteiger partial charge on any atom is 0.244 e. The number of aromatic nitrogens is 1. The SMILES string of the molecule is O=S(=O)(c1cnc(Cl)c(Br)c1)N1CCN(c2ccccc2Cl)CC1. The molecule has 0 radical (unpaired) electrons. The van der Waals surface area contributed by atoms with E-state index in [1.165, 1.54) is 16.6 Å². The number of benzene rings is 1. The molecule has 0 aliphatic carbocycles.